The molecule has 2 aromatic carbocycles. The molecule has 0 aliphatic heterocycles. The van der Waals surface area contributed by atoms with Crippen molar-refractivity contribution in [2.75, 3.05) is 25.3 Å². The molecule has 1 N–H and O–H groups in total. The monoisotopic (exact) mass is 454 g/mol. The second kappa shape index (κ2) is 9.76. The number of carbonyl (C=O) groups excluding carboxylic acids is 1. The van der Waals surface area contributed by atoms with E-state index in [1.54, 1.807) is 18.2 Å². The lowest BCUT2D eigenvalue weighted by Gasteiger charge is -2.10. The van der Waals surface area contributed by atoms with Gasteiger partial charge in [-0.05, 0) is 24.3 Å². The quantitative estimate of drug-likeness (QED) is 0.508. The molecule has 1 aromatic heterocycles. The fraction of sp³-hybridized carbons (Fsp3) is 0.143. The number of nitriles is 1. The molecular formula is C21H18N4O6S. The van der Waals surface area contributed by atoms with Gasteiger partial charge in [0.15, 0.2) is 0 Å². The molecule has 164 valence electrons. The Morgan fingerprint density at radius 1 is 1.03 bits per heavy atom. The van der Waals surface area contributed by atoms with Crippen LogP contribution in [0.2, 0.25) is 0 Å². The fourth-order valence-electron chi connectivity index (χ4n) is 2.56. The minimum Gasteiger partial charge on any atom is -0.496 e. The summed E-state index contributed by atoms with van der Waals surface area (Å²) in [5.74, 6) is -0.435. The van der Waals surface area contributed by atoms with E-state index in [-0.39, 0.29) is 5.88 Å². The van der Waals surface area contributed by atoms with Gasteiger partial charge < -0.3 is 19.5 Å². The summed E-state index contributed by atoms with van der Waals surface area (Å²) in [6.07, 6.45) is 1.21. The van der Waals surface area contributed by atoms with E-state index in [0.29, 0.717) is 28.5 Å². The number of methoxy groups -OCH3 is 2. The van der Waals surface area contributed by atoms with E-state index in [1.165, 1.54) is 50.7 Å². The molecule has 32 heavy (non-hydrogen) atoms. The lowest BCUT2D eigenvalue weighted by Crippen LogP contribution is -2.24. The first-order valence-electron chi connectivity index (χ1n) is 9.09. The van der Waals surface area contributed by atoms with Gasteiger partial charge in [-0.1, -0.05) is 0 Å². The molecule has 0 aliphatic carbocycles. The van der Waals surface area contributed by atoms with E-state index < -0.39 is 26.7 Å². The zero-order valence-corrected chi connectivity index (χ0v) is 17.9. The van der Waals surface area contributed by atoms with E-state index in [0.717, 1.165) is 0 Å². The van der Waals surface area contributed by atoms with Gasteiger partial charge >= 0.3 is 0 Å². The van der Waals surface area contributed by atoms with Crippen molar-refractivity contribution in [2.24, 2.45) is 0 Å². The van der Waals surface area contributed by atoms with Crippen LogP contribution in [0, 0.1) is 11.3 Å². The van der Waals surface area contributed by atoms with Crippen molar-refractivity contribution in [1.82, 2.24) is 9.97 Å². The first kappa shape index (κ1) is 22.5. The molecular weight excluding hydrogens is 436 g/mol. The largest absolute Gasteiger partial charge is 0.496 e. The molecule has 1 heterocycles. The highest BCUT2D eigenvalue weighted by atomic mass is 32.2. The molecule has 0 spiro atoms. The van der Waals surface area contributed by atoms with Crippen molar-refractivity contribution in [3.05, 3.63) is 60.3 Å². The third kappa shape index (κ3) is 5.71. The maximum Gasteiger partial charge on any atom is 0.250 e. The highest BCUT2D eigenvalue weighted by Crippen LogP contribution is 2.30. The zero-order valence-electron chi connectivity index (χ0n) is 17.1. The zero-order chi connectivity index (χ0) is 23.1. The number of aromatic nitrogens is 2. The van der Waals surface area contributed by atoms with Crippen LogP contribution in [0.25, 0.3) is 0 Å². The van der Waals surface area contributed by atoms with Crippen molar-refractivity contribution >= 4 is 21.4 Å². The Balaban J connectivity index is 1.74. The van der Waals surface area contributed by atoms with E-state index >= 15 is 0 Å². The lowest BCUT2D eigenvalue weighted by molar-refractivity contribution is -0.113. The van der Waals surface area contributed by atoms with Gasteiger partial charge in [0.2, 0.25) is 21.6 Å². The topological polar surface area (TPSA) is 140 Å². The Kier molecular flexibility index (Phi) is 6.87. The number of ether oxygens (including phenoxy) is 3. The van der Waals surface area contributed by atoms with Crippen LogP contribution in [0.3, 0.4) is 0 Å². The molecule has 0 bridgehead atoms. The second-order valence-corrected chi connectivity index (χ2v) is 8.21. The van der Waals surface area contributed by atoms with Crippen LogP contribution >= 0.6 is 0 Å². The number of nitrogens with one attached hydrogen (secondary N) is 1. The van der Waals surface area contributed by atoms with Crippen molar-refractivity contribution in [3.63, 3.8) is 0 Å². The maximum absolute atomic E-state index is 12.6. The molecule has 0 aliphatic rings. The number of hydrogen-bond donors (Lipinski definition) is 1. The number of anilines is 1. The molecule has 3 rings (SSSR count). The number of rotatable bonds is 8. The van der Waals surface area contributed by atoms with Crippen LogP contribution in [-0.4, -0.2) is 44.3 Å². The molecule has 1 amide bonds. The first-order chi connectivity index (χ1) is 15.3. The summed E-state index contributed by atoms with van der Waals surface area (Å²) >= 11 is 0. The Labute approximate surface area is 184 Å². The standard InChI is InChI=1S/C21H18N4O6S/c1-29-16-9-17(30-2)11-18(10-16)31-20-7-8-23-21(25-20)32(27,28)13-19(26)24-15-5-3-14(12-22)4-6-15/h3-11H,13H2,1-2H3,(H,24,26). The molecule has 3 aromatic rings. The Bertz CT molecular complexity index is 1250. The van der Waals surface area contributed by atoms with Crippen LogP contribution in [-0.2, 0) is 14.6 Å². The molecule has 0 atom stereocenters. The predicted octanol–water partition coefficient (Wildman–Crippen LogP) is 2.57. The third-order valence-electron chi connectivity index (χ3n) is 4.05. The number of nitrogens with zero attached hydrogens (tertiary/aromatic N) is 3. The number of sulfone groups is 1. The number of benzene rings is 2. The van der Waals surface area contributed by atoms with Gasteiger partial charge in [0.05, 0.1) is 25.9 Å². The minimum absolute atomic E-state index is 0.0404. The van der Waals surface area contributed by atoms with Gasteiger partial charge in [0.1, 0.15) is 23.0 Å². The van der Waals surface area contributed by atoms with Crippen LogP contribution in [0.1, 0.15) is 5.56 Å². The molecule has 0 saturated carbocycles. The average Bonchev–Trinajstić information content (AvgIpc) is 2.79. The van der Waals surface area contributed by atoms with Gasteiger partial charge in [-0.25, -0.2) is 13.4 Å². The Morgan fingerprint density at radius 2 is 1.66 bits per heavy atom. The summed E-state index contributed by atoms with van der Waals surface area (Å²) in [7, 11) is -1.18. The van der Waals surface area contributed by atoms with Crippen LogP contribution in [0.5, 0.6) is 23.1 Å². The van der Waals surface area contributed by atoms with Crippen molar-refractivity contribution in [3.8, 4) is 29.2 Å². The average molecular weight is 454 g/mol. The maximum atomic E-state index is 12.6. The van der Waals surface area contributed by atoms with E-state index in [2.05, 4.69) is 15.3 Å². The SMILES string of the molecule is COc1cc(OC)cc(Oc2ccnc(S(=O)(=O)CC(=O)Nc3ccc(C#N)cc3)n2)c1. The highest BCUT2D eigenvalue weighted by molar-refractivity contribution is 7.92. The first-order valence-corrected chi connectivity index (χ1v) is 10.7. The number of carbonyl (C=O) groups is 1. The summed E-state index contributed by atoms with van der Waals surface area (Å²) < 4.78 is 41.2. The van der Waals surface area contributed by atoms with Gasteiger partial charge in [-0.3, -0.25) is 4.79 Å². The molecule has 11 heteroatoms. The molecule has 0 unspecified atom stereocenters. The van der Waals surface area contributed by atoms with Gasteiger partial charge in [0, 0.05) is 36.1 Å². The van der Waals surface area contributed by atoms with E-state index in [9.17, 15) is 13.2 Å². The highest BCUT2D eigenvalue weighted by Gasteiger charge is 2.23. The minimum atomic E-state index is -4.15. The smallest absolute Gasteiger partial charge is 0.250 e. The number of amides is 1. The predicted molar refractivity (Wildman–Crippen MR) is 113 cm³/mol. The van der Waals surface area contributed by atoms with Gasteiger partial charge in [0.25, 0.3) is 5.16 Å². The summed E-state index contributed by atoms with van der Waals surface area (Å²) in [4.78, 5) is 19.9. The second-order valence-electron chi connectivity index (χ2n) is 6.32. The molecule has 0 saturated heterocycles. The van der Waals surface area contributed by atoms with Gasteiger partial charge in [-0.2, -0.15) is 10.2 Å². The molecule has 0 fully saturated rings. The Morgan fingerprint density at radius 3 is 2.25 bits per heavy atom. The summed E-state index contributed by atoms with van der Waals surface area (Å²) in [6, 6.07) is 14.1. The summed E-state index contributed by atoms with van der Waals surface area (Å²) in [5, 5.41) is 10.7. The Hall–Kier alpha value is -4.17. The van der Waals surface area contributed by atoms with Crippen molar-refractivity contribution in [1.29, 1.82) is 5.26 Å². The van der Waals surface area contributed by atoms with E-state index in [1.807, 2.05) is 6.07 Å². The van der Waals surface area contributed by atoms with Crippen molar-refractivity contribution < 1.29 is 27.4 Å². The molecule has 0 radical (unpaired) electrons. The van der Waals surface area contributed by atoms with E-state index in [4.69, 9.17) is 19.5 Å². The summed E-state index contributed by atoms with van der Waals surface area (Å²) in [5.41, 5.74) is 0.767. The lowest BCUT2D eigenvalue weighted by atomic mass is 10.2. The van der Waals surface area contributed by atoms with Crippen LogP contribution < -0.4 is 19.5 Å². The van der Waals surface area contributed by atoms with Gasteiger partial charge in [-0.15, -0.1) is 0 Å². The van der Waals surface area contributed by atoms with Crippen LogP contribution in [0.15, 0.2) is 59.9 Å². The number of hydrogen-bond acceptors (Lipinski definition) is 9. The normalized spacial score (nSPS) is 10.7. The third-order valence-corrected chi connectivity index (χ3v) is 5.45. The summed E-state index contributed by atoms with van der Waals surface area (Å²) in [6.45, 7) is 0. The molecule has 10 nitrogen and oxygen atoms in total. The fourth-order valence-corrected chi connectivity index (χ4v) is 3.55. The van der Waals surface area contributed by atoms with Crippen molar-refractivity contribution in [2.45, 2.75) is 5.16 Å². The van der Waals surface area contributed by atoms with Crippen LogP contribution in [0.4, 0.5) is 5.69 Å².